The second-order valence-corrected chi connectivity index (χ2v) is 3.17. The van der Waals surface area contributed by atoms with Gasteiger partial charge in [-0.25, -0.2) is 0 Å². The average Bonchev–Trinajstić information content (AvgIpc) is 2.33. The molecule has 1 aliphatic heterocycles. The molecule has 0 spiro atoms. The first-order valence-electron chi connectivity index (χ1n) is 3.99. The van der Waals surface area contributed by atoms with Gasteiger partial charge in [0, 0.05) is 5.70 Å². The van der Waals surface area contributed by atoms with Crippen LogP contribution in [0, 0.1) is 0 Å². The van der Waals surface area contributed by atoms with Crippen molar-refractivity contribution in [2.45, 2.75) is 38.7 Å². The van der Waals surface area contributed by atoms with E-state index in [-0.39, 0.29) is 0 Å². The quantitative estimate of drug-likeness (QED) is 0.552. The maximum Gasteiger partial charge on any atom is 0.0863 e. The summed E-state index contributed by atoms with van der Waals surface area (Å²) in [5, 5.41) is 0. The summed E-state index contributed by atoms with van der Waals surface area (Å²) in [6.07, 6.45) is 5.31. The molecule has 2 nitrogen and oxygen atoms in total. The second kappa shape index (κ2) is 2.27. The highest BCUT2D eigenvalue weighted by molar-refractivity contribution is 5.19. The summed E-state index contributed by atoms with van der Waals surface area (Å²) in [6, 6.07) is 0. The van der Waals surface area contributed by atoms with E-state index in [0.717, 1.165) is 6.42 Å². The summed E-state index contributed by atoms with van der Waals surface area (Å²) in [5.74, 6) is 0. The Morgan fingerprint density at radius 2 is 2.40 bits per heavy atom. The van der Waals surface area contributed by atoms with Gasteiger partial charge in [-0.05, 0) is 38.2 Å². The molecule has 1 unspecified atom stereocenters. The van der Waals surface area contributed by atoms with Gasteiger partial charge in [0.05, 0.1) is 6.10 Å². The molecule has 56 valence electrons. The van der Waals surface area contributed by atoms with E-state index in [2.05, 4.69) is 12.4 Å². The van der Waals surface area contributed by atoms with Gasteiger partial charge in [-0.3, -0.25) is 10.3 Å². The first-order chi connectivity index (χ1) is 4.86. The minimum atomic E-state index is 0.372. The first kappa shape index (κ1) is 6.23. The Kier molecular flexibility index (Phi) is 1.42. The molecule has 0 aromatic carbocycles. The van der Waals surface area contributed by atoms with Gasteiger partial charge in [0.1, 0.15) is 0 Å². The zero-order valence-electron chi connectivity index (χ0n) is 6.31. The van der Waals surface area contributed by atoms with Crippen molar-refractivity contribution in [3.8, 4) is 0 Å². The summed E-state index contributed by atoms with van der Waals surface area (Å²) >= 11 is 0. The lowest BCUT2D eigenvalue weighted by atomic mass is 10.1. The van der Waals surface area contributed by atoms with Crippen LogP contribution in [0.4, 0.5) is 0 Å². The third-order valence-electron chi connectivity index (χ3n) is 2.25. The molecule has 0 amide bonds. The van der Waals surface area contributed by atoms with E-state index in [9.17, 15) is 0 Å². The van der Waals surface area contributed by atoms with Gasteiger partial charge in [-0.2, -0.15) is 0 Å². The van der Waals surface area contributed by atoms with Crippen LogP contribution in [0.1, 0.15) is 32.6 Å². The van der Waals surface area contributed by atoms with E-state index in [4.69, 9.17) is 4.84 Å². The summed E-state index contributed by atoms with van der Waals surface area (Å²) < 4.78 is 0. The lowest BCUT2D eigenvalue weighted by molar-refractivity contribution is -0.00895. The monoisotopic (exact) mass is 139 g/mol. The largest absolute Gasteiger partial charge is 0.273 e. The Morgan fingerprint density at radius 1 is 1.50 bits per heavy atom. The van der Waals surface area contributed by atoms with Gasteiger partial charge < -0.3 is 0 Å². The molecule has 1 N–H and O–H groups in total. The lowest BCUT2D eigenvalue weighted by Gasteiger charge is -2.22. The summed E-state index contributed by atoms with van der Waals surface area (Å²) in [5.41, 5.74) is 5.97. The maximum atomic E-state index is 5.28. The third kappa shape index (κ3) is 0.926. The molecule has 0 radical (unpaired) electrons. The van der Waals surface area contributed by atoms with Crippen molar-refractivity contribution >= 4 is 0 Å². The van der Waals surface area contributed by atoms with Crippen LogP contribution in [0.25, 0.3) is 0 Å². The zero-order valence-corrected chi connectivity index (χ0v) is 6.31. The maximum absolute atomic E-state index is 5.28. The van der Waals surface area contributed by atoms with Crippen LogP contribution in [-0.2, 0) is 4.84 Å². The number of hydroxylamine groups is 1. The Balaban J connectivity index is 2.13. The molecule has 0 fully saturated rings. The lowest BCUT2D eigenvalue weighted by Crippen LogP contribution is -2.26. The fourth-order valence-electron chi connectivity index (χ4n) is 1.72. The van der Waals surface area contributed by atoms with Gasteiger partial charge in [0.25, 0.3) is 0 Å². The summed E-state index contributed by atoms with van der Waals surface area (Å²) in [4.78, 5) is 5.28. The predicted octanol–water partition coefficient (Wildman–Crippen LogP) is 1.74. The van der Waals surface area contributed by atoms with Crippen LogP contribution in [0.15, 0.2) is 11.3 Å². The minimum Gasteiger partial charge on any atom is -0.273 e. The van der Waals surface area contributed by atoms with E-state index < -0.39 is 0 Å². The fourth-order valence-corrected chi connectivity index (χ4v) is 1.72. The van der Waals surface area contributed by atoms with Gasteiger partial charge >= 0.3 is 0 Å². The minimum absolute atomic E-state index is 0.372. The van der Waals surface area contributed by atoms with Gasteiger partial charge in [0.2, 0.25) is 0 Å². The molecule has 2 rings (SSSR count). The number of hydrogen-bond acceptors (Lipinski definition) is 2. The first-order valence-corrected chi connectivity index (χ1v) is 3.99. The van der Waals surface area contributed by atoms with Crippen LogP contribution in [0.5, 0.6) is 0 Å². The van der Waals surface area contributed by atoms with Crippen LogP contribution < -0.4 is 5.48 Å². The summed E-state index contributed by atoms with van der Waals surface area (Å²) in [7, 11) is 0. The Hall–Kier alpha value is -0.500. The van der Waals surface area contributed by atoms with E-state index in [1.165, 1.54) is 25.0 Å². The number of hydrogen-bond donors (Lipinski definition) is 1. The van der Waals surface area contributed by atoms with E-state index in [1.807, 2.05) is 0 Å². The van der Waals surface area contributed by atoms with Crippen molar-refractivity contribution < 1.29 is 4.84 Å². The third-order valence-corrected chi connectivity index (χ3v) is 2.25. The molecular weight excluding hydrogens is 126 g/mol. The highest BCUT2D eigenvalue weighted by Crippen LogP contribution is 2.30. The SMILES string of the molecule is CC1CC2=C(CCC2)NO1. The molecule has 0 bridgehead atoms. The van der Waals surface area contributed by atoms with Crippen LogP contribution >= 0.6 is 0 Å². The Morgan fingerprint density at radius 3 is 3.30 bits per heavy atom. The molecule has 0 saturated carbocycles. The molecule has 2 aliphatic rings. The summed E-state index contributed by atoms with van der Waals surface area (Å²) in [6.45, 7) is 2.11. The van der Waals surface area contributed by atoms with Crippen molar-refractivity contribution in [1.29, 1.82) is 0 Å². The van der Waals surface area contributed by atoms with Crippen molar-refractivity contribution in [1.82, 2.24) is 5.48 Å². The zero-order chi connectivity index (χ0) is 6.97. The molecule has 2 heteroatoms. The van der Waals surface area contributed by atoms with Crippen LogP contribution in [-0.4, -0.2) is 6.10 Å². The van der Waals surface area contributed by atoms with Gasteiger partial charge in [-0.1, -0.05) is 0 Å². The standard InChI is InChI=1S/C8H13NO/c1-6-5-7-3-2-4-8(7)9-10-6/h6,9H,2-5H2,1H3. The topological polar surface area (TPSA) is 21.3 Å². The fraction of sp³-hybridized carbons (Fsp3) is 0.750. The van der Waals surface area contributed by atoms with Gasteiger partial charge in [0.15, 0.2) is 0 Å². The smallest absolute Gasteiger partial charge is 0.0863 e. The molecule has 1 heterocycles. The van der Waals surface area contributed by atoms with Crippen molar-refractivity contribution in [2.75, 3.05) is 0 Å². The molecular formula is C8H13NO. The highest BCUT2D eigenvalue weighted by atomic mass is 16.7. The molecule has 0 saturated heterocycles. The average molecular weight is 139 g/mol. The Bertz CT molecular complexity index is 174. The number of nitrogens with one attached hydrogen (secondary N) is 1. The normalized spacial score (nSPS) is 31.9. The molecule has 10 heavy (non-hydrogen) atoms. The highest BCUT2D eigenvalue weighted by Gasteiger charge is 2.21. The predicted molar refractivity (Wildman–Crippen MR) is 39.2 cm³/mol. The number of rotatable bonds is 0. The molecule has 0 aromatic heterocycles. The van der Waals surface area contributed by atoms with Crippen LogP contribution in [0.3, 0.4) is 0 Å². The van der Waals surface area contributed by atoms with Crippen molar-refractivity contribution in [2.24, 2.45) is 0 Å². The van der Waals surface area contributed by atoms with E-state index >= 15 is 0 Å². The van der Waals surface area contributed by atoms with E-state index in [1.54, 1.807) is 5.57 Å². The van der Waals surface area contributed by atoms with Gasteiger partial charge in [-0.15, -0.1) is 0 Å². The Labute approximate surface area is 61.2 Å². The van der Waals surface area contributed by atoms with Crippen molar-refractivity contribution in [3.63, 3.8) is 0 Å². The van der Waals surface area contributed by atoms with E-state index in [0.29, 0.717) is 6.10 Å². The number of allylic oxidation sites excluding steroid dienone is 1. The molecule has 0 aromatic rings. The van der Waals surface area contributed by atoms with Crippen molar-refractivity contribution in [3.05, 3.63) is 11.3 Å². The van der Waals surface area contributed by atoms with Crippen LogP contribution in [0.2, 0.25) is 0 Å². The second-order valence-electron chi connectivity index (χ2n) is 3.17. The molecule has 1 atom stereocenters. The molecule has 1 aliphatic carbocycles.